The second kappa shape index (κ2) is 10.7. The lowest BCUT2D eigenvalue weighted by Gasteiger charge is -2.34. The van der Waals surface area contributed by atoms with E-state index in [4.69, 9.17) is 0 Å². The zero-order valence-electron chi connectivity index (χ0n) is 19.6. The van der Waals surface area contributed by atoms with Crippen LogP contribution in [0.15, 0.2) is 66.0 Å². The zero-order valence-corrected chi connectivity index (χ0v) is 20.4. The molecule has 1 fully saturated rings. The van der Waals surface area contributed by atoms with Crippen LogP contribution in [0.2, 0.25) is 0 Å². The summed E-state index contributed by atoms with van der Waals surface area (Å²) in [6.07, 6.45) is 0.303. The Bertz CT molecular complexity index is 1150. The Hall–Kier alpha value is -3.45. The summed E-state index contributed by atoms with van der Waals surface area (Å²) in [5, 5.41) is 1.91. The van der Waals surface area contributed by atoms with E-state index in [2.05, 4.69) is 0 Å². The van der Waals surface area contributed by atoms with Crippen molar-refractivity contribution in [1.82, 2.24) is 9.80 Å². The van der Waals surface area contributed by atoms with Gasteiger partial charge in [-0.05, 0) is 47.2 Å². The van der Waals surface area contributed by atoms with Crippen LogP contribution in [0.1, 0.15) is 33.3 Å². The molecule has 0 saturated carbocycles. The number of amides is 3. The Morgan fingerprint density at radius 2 is 1.56 bits per heavy atom. The highest BCUT2D eigenvalue weighted by molar-refractivity contribution is 7.12. The number of piperazine rings is 1. The number of carbonyl (C=O) groups excluding carboxylic acids is 3. The fourth-order valence-corrected chi connectivity index (χ4v) is 4.79. The number of benzene rings is 2. The van der Waals surface area contributed by atoms with Crippen LogP contribution >= 0.6 is 11.3 Å². The maximum Gasteiger partial charge on any atom is 0.268 e. The predicted octanol–water partition coefficient (Wildman–Crippen LogP) is 4.14. The maximum atomic E-state index is 13.3. The van der Waals surface area contributed by atoms with E-state index in [-0.39, 0.29) is 17.7 Å². The second-order valence-corrected chi connectivity index (χ2v) is 9.47. The minimum atomic E-state index is -0.0366. The van der Waals surface area contributed by atoms with Crippen LogP contribution in [-0.2, 0) is 22.6 Å². The van der Waals surface area contributed by atoms with Crippen LogP contribution in [0.25, 0.3) is 0 Å². The largest absolute Gasteiger partial charge is 0.339 e. The van der Waals surface area contributed by atoms with Gasteiger partial charge in [-0.2, -0.15) is 0 Å². The van der Waals surface area contributed by atoms with Crippen molar-refractivity contribution in [2.24, 2.45) is 0 Å². The molecule has 2 aromatic carbocycles. The number of aryl methyl sites for hydroxylation is 1. The fraction of sp³-hybridized carbons (Fsp3) is 0.296. The van der Waals surface area contributed by atoms with Crippen molar-refractivity contribution in [3.8, 4) is 0 Å². The first kappa shape index (κ1) is 23.7. The molecular weight excluding hydrogens is 446 g/mol. The van der Waals surface area contributed by atoms with Gasteiger partial charge in [0, 0.05) is 38.8 Å². The molecule has 0 spiro atoms. The number of nitrogens with zero attached hydrogens (tertiary/aromatic N) is 3. The Labute approximate surface area is 204 Å². The van der Waals surface area contributed by atoms with Crippen molar-refractivity contribution >= 4 is 34.7 Å². The first-order chi connectivity index (χ1) is 16.4. The van der Waals surface area contributed by atoms with Gasteiger partial charge in [-0.3, -0.25) is 14.4 Å². The number of hydrogen-bond donors (Lipinski definition) is 0. The van der Waals surface area contributed by atoms with Crippen LogP contribution in [-0.4, -0.2) is 53.7 Å². The summed E-state index contributed by atoms with van der Waals surface area (Å²) >= 11 is 1.43. The number of carbonyl (C=O) groups is 3. The van der Waals surface area contributed by atoms with Gasteiger partial charge in [-0.25, -0.2) is 0 Å². The van der Waals surface area contributed by atoms with E-state index in [0.29, 0.717) is 44.0 Å². The van der Waals surface area contributed by atoms with E-state index < -0.39 is 0 Å². The number of hydrogen-bond acceptors (Lipinski definition) is 4. The summed E-state index contributed by atoms with van der Waals surface area (Å²) in [6, 6.07) is 19.5. The molecule has 176 valence electrons. The summed E-state index contributed by atoms with van der Waals surface area (Å²) < 4.78 is 0. The van der Waals surface area contributed by atoms with Crippen LogP contribution in [0.4, 0.5) is 5.69 Å². The molecule has 3 amide bonds. The average molecular weight is 476 g/mol. The Kier molecular flexibility index (Phi) is 7.43. The zero-order chi connectivity index (χ0) is 24.1. The van der Waals surface area contributed by atoms with Crippen LogP contribution < -0.4 is 4.90 Å². The smallest absolute Gasteiger partial charge is 0.268 e. The van der Waals surface area contributed by atoms with Crippen molar-refractivity contribution in [1.29, 1.82) is 0 Å². The molecule has 0 aliphatic carbocycles. The maximum absolute atomic E-state index is 13.3. The Morgan fingerprint density at radius 3 is 2.18 bits per heavy atom. The average Bonchev–Trinajstić information content (AvgIpc) is 3.39. The third-order valence-electron chi connectivity index (χ3n) is 6.25. The minimum Gasteiger partial charge on any atom is -0.339 e. The molecule has 1 aromatic heterocycles. The summed E-state index contributed by atoms with van der Waals surface area (Å²) in [7, 11) is 0. The molecule has 3 aromatic rings. The Morgan fingerprint density at radius 1 is 0.882 bits per heavy atom. The van der Waals surface area contributed by atoms with Crippen molar-refractivity contribution in [2.45, 2.75) is 26.8 Å². The highest BCUT2D eigenvalue weighted by atomic mass is 32.1. The van der Waals surface area contributed by atoms with Gasteiger partial charge < -0.3 is 14.7 Å². The van der Waals surface area contributed by atoms with Gasteiger partial charge in [0.2, 0.25) is 11.8 Å². The molecule has 1 saturated heterocycles. The summed E-state index contributed by atoms with van der Waals surface area (Å²) in [5.41, 5.74) is 3.94. The van der Waals surface area contributed by atoms with Crippen LogP contribution in [0.5, 0.6) is 0 Å². The first-order valence-corrected chi connectivity index (χ1v) is 12.3. The van der Waals surface area contributed by atoms with Crippen molar-refractivity contribution in [3.63, 3.8) is 0 Å². The molecule has 4 rings (SSSR count). The lowest BCUT2D eigenvalue weighted by Crippen LogP contribution is -2.50. The molecule has 0 radical (unpaired) electrons. The van der Waals surface area contributed by atoms with Gasteiger partial charge in [-0.15, -0.1) is 11.3 Å². The van der Waals surface area contributed by atoms with Crippen molar-refractivity contribution in [2.75, 3.05) is 31.1 Å². The number of thiophene rings is 1. The molecular formula is C27H29N3O3S. The molecule has 0 atom stereocenters. The van der Waals surface area contributed by atoms with Gasteiger partial charge in [0.1, 0.15) is 0 Å². The lowest BCUT2D eigenvalue weighted by atomic mass is 10.1. The van der Waals surface area contributed by atoms with E-state index >= 15 is 0 Å². The molecule has 1 aliphatic heterocycles. The first-order valence-electron chi connectivity index (χ1n) is 11.4. The van der Waals surface area contributed by atoms with Gasteiger partial charge in [0.25, 0.3) is 5.91 Å². The summed E-state index contributed by atoms with van der Waals surface area (Å²) in [6.45, 7) is 6.38. The van der Waals surface area contributed by atoms with Crippen molar-refractivity contribution in [3.05, 3.63) is 87.6 Å². The highest BCUT2D eigenvalue weighted by Crippen LogP contribution is 2.24. The SMILES string of the molecule is CC(=O)N1CCN(C(=O)Cc2ccc(N(Cc3ccccc3C)C(=O)c3cccs3)cc2)CC1. The molecule has 2 heterocycles. The molecule has 0 N–H and O–H groups in total. The third kappa shape index (κ3) is 5.54. The normalized spacial score (nSPS) is 13.6. The molecule has 7 heteroatoms. The molecule has 1 aliphatic rings. The van der Waals surface area contributed by atoms with Gasteiger partial charge in [-0.1, -0.05) is 42.5 Å². The third-order valence-corrected chi connectivity index (χ3v) is 7.11. The van der Waals surface area contributed by atoms with E-state index in [1.807, 2.05) is 77.9 Å². The summed E-state index contributed by atoms with van der Waals surface area (Å²) in [5.74, 6) is 0.0721. The quantitative estimate of drug-likeness (QED) is 0.539. The predicted molar refractivity (Wildman–Crippen MR) is 135 cm³/mol. The molecule has 0 bridgehead atoms. The molecule has 0 unspecified atom stereocenters. The highest BCUT2D eigenvalue weighted by Gasteiger charge is 2.23. The summed E-state index contributed by atoms with van der Waals surface area (Å²) in [4.78, 5) is 43.7. The topological polar surface area (TPSA) is 60.9 Å². The van der Waals surface area contributed by atoms with Gasteiger partial charge >= 0.3 is 0 Å². The van der Waals surface area contributed by atoms with Crippen LogP contribution in [0.3, 0.4) is 0 Å². The minimum absolute atomic E-state index is 0.0366. The molecule has 34 heavy (non-hydrogen) atoms. The van der Waals surface area contributed by atoms with Gasteiger partial charge in [0.05, 0.1) is 17.8 Å². The van der Waals surface area contributed by atoms with E-state index in [9.17, 15) is 14.4 Å². The van der Waals surface area contributed by atoms with E-state index in [1.165, 1.54) is 11.3 Å². The van der Waals surface area contributed by atoms with Crippen LogP contribution in [0, 0.1) is 6.92 Å². The van der Waals surface area contributed by atoms with E-state index in [0.717, 1.165) is 22.4 Å². The lowest BCUT2D eigenvalue weighted by molar-refractivity contribution is -0.138. The monoisotopic (exact) mass is 475 g/mol. The van der Waals surface area contributed by atoms with E-state index in [1.54, 1.807) is 16.7 Å². The number of anilines is 1. The Balaban J connectivity index is 1.47. The number of rotatable bonds is 6. The van der Waals surface area contributed by atoms with Crippen molar-refractivity contribution < 1.29 is 14.4 Å². The standard InChI is InChI=1S/C27H29N3O3S/c1-20-6-3-4-7-23(20)19-30(27(33)25-8-5-17-34-25)24-11-9-22(10-12-24)18-26(32)29-15-13-28(14-16-29)21(2)31/h3-12,17H,13-16,18-19H2,1-2H3. The molecule has 6 nitrogen and oxygen atoms in total. The van der Waals surface area contributed by atoms with Gasteiger partial charge in [0.15, 0.2) is 0 Å². The second-order valence-electron chi connectivity index (χ2n) is 8.53. The fourth-order valence-electron chi connectivity index (χ4n) is 4.12.